The smallest absolute Gasteiger partial charge is 0.356 e. The molecular formula is C26H33N9O11P2S. The number of aliphatic hydroxyl groups is 3. The van der Waals surface area contributed by atoms with Crippen molar-refractivity contribution in [1.29, 1.82) is 0 Å². The lowest BCUT2D eigenvalue weighted by Crippen LogP contribution is -2.38. The van der Waals surface area contributed by atoms with Gasteiger partial charge in [0, 0.05) is 11.3 Å². The number of aliphatic hydroxyl groups excluding tert-OH is 3. The van der Waals surface area contributed by atoms with Crippen molar-refractivity contribution in [2.24, 2.45) is 17.3 Å². The molecule has 4 fully saturated rings. The average Bonchev–Trinajstić information content (AvgIpc) is 3.39. The minimum Gasteiger partial charge on any atom is -0.396 e. The highest BCUT2D eigenvalue weighted by Gasteiger charge is 2.74. The monoisotopic (exact) mass is 741 g/mol. The van der Waals surface area contributed by atoms with Crippen LogP contribution in [-0.2, 0) is 32.0 Å². The van der Waals surface area contributed by atoms with Crippen LogP contribution in [0.25, 0.3) is 22.3 Å². The minimum absolute atomic E-state index is 0.00347. The van der Waals surface area contributed by atoms with Gasteiger partial charge in [0.25, 0.3) is 5.56 Å². The van der Waals surface area contributed by atoms with Gasteiger partial charge in [-0.2, -0.15) is 12.6 Å². The SMILES string of the molecule is Cc1nc2c(ncn2[C@@H]2O[C@@H]3CO[P@@](=O)(CS)O[C@H]4[C@@H](O)[C@H](n5cnc6c(N)ncnc65)[C@H]5C[C@@]54CO[P@@](=O)(CO)O[C@@H]2[C@@H]3CO)c(=O)[nH]1. The van der Waals surface area contributed by atoms with Crippen LogP contribution in [0.3, 0.4) is 0 Å². The Balaban J connectivity index is 1.18. The van der Waals surface area contributed by atoms with Crippen molar-refractivity contribution in [3.05, 3.63) is 35.2 Å². The van der Waals surface area contributed by atoms with Crippen LogP contribution in [0, 0.1) is 24.2 Å². The number of rotatable bonds is 5. The Labute approximate surface area is 281 Å². The van der Waals surface area contributed by atoms with Crippen molar-refractivity contribution < 1.29 is 47.3 Å². The van der Waals surface area contributed by atoms with Gasteiger partial charge < -0.3 is 48.9 Å². The summed E-state index contributed by atoms with van der Waals surface area (Å²) >= 11 is 4.27. The zero-order chi connectivity index (χ0) is 34.5. The third-order valence-corrected chi connectivity index (χ3v) is 13.8. The molecule has 2 aliphatic heterocycles. The van der Waals surface area contributed by atoms with Gasteiger partial charge in [-0.25, -0.2) is 24.9 Å². The molecule has 264 valence electrons. The van der Waals surface area contributed by atoms with E-state index in [0.29, 0.717) is 17.6 Å². The van der Waals surface area contributed by atoms with Gasteiger partial charge in [-0.1, -0.05) is 0 Å². The number of anilines is 1. The third kappa shape index (κ3) is 5.21. The summed E-state index contributed by atoms with van der Waals surface area (Å²) in [4.78, 5) is 36.3. The molecule has 4 aromatic rings. The second kappa shape index (κ2) is 11.9. The summed E-state index contributed by atoms with van der Waals surface area (Å²) in [7, 11) is -8.50. The van der Waals surface area contributed by atoms with Gasteiger partial charge in [-0.15, -0.1) is 0 Å². The predicted molar refractivity (Wildman–Crippen MR) is 170 cm³/mol. The van der Waals surface area contributed by atoms with E-state index in [4.69, 9.17) is 28.6 Å². The Morgan fingerprint density at radius 2 is 1.86 bits per heavy atom. The number of hydrogen-bond donors (Lipinski definition) is 6. The standard InChI is InChI=1S/C26H33N9O11P2S/c1-11-32-23-16(24(39)33-11)31-8-35(23)25-19-12(3-36)14(44-25)4-42-48(41,10-49)46-20-18(38)17(34-7-30-15-21(27)28-6-29-22(15)34)13-2-26(13,20)5-43-47(40,9-37)45-19/h6-8,12-14,17-20,25,36-38,49H,2-5,9-10H2,1H3,(H2,27,28,29)(H,32,33,39)/t12-,13-,14-,17-,18+,19-,20+,25-,26-,47+,48+/m1/s1. The summed E-state index contributed by atoms with van der Waals surface area (Å²) < 4.78 is 61.8. The van der Waals surface area contributed by atoms with E-state index in [9.17, 15) is 29.2 Å². The van der Waals surface area contributed by atoms with Gasteiger partial charge in [0.05, 0.1) is 50.1 Å². The Morgan fingerprint density at radius 1 is 1.08 bits per heavy atom. The quantitative estimate of drug-likeness (QED) is 0.119. The van der Waals surface area contributed by atoms with Crippen LogP contribution in [0.4, 0.5) is 5.82 Å². The van der Waals surface area contributed by atoms with Crippen LogP contribution < -0.4 is 11.3 Å². The van der Waals surface area contributed by atoms with E-state index in [1.807, 2.05) is 0 Å². The van der Waals surface area contributed by atoms with Crippen LogP contribution in [0.1, 0.15) is 24.5 Å². The highest BCUT2D eigenvalue weighted by atomic mass is 32.1. The van der Waals surface area contributed by atoms with Crippen LogP contribution in [-0.4, -0.2) is 110 Å². The van der Waals surface area contributed by atoms with E-state index in [1.54, 1.807) is 11.5 Å². The third-order valence-electron chi connectivity index (χ3n) is 9.92. The van der Waals surface area contributed by atoms with Crippen molar-refractivity contribution >= 4 is 56.0 Å². The second-order valence-electron chi connectivity index (χ2n) is 12.7. The van der Waals surface area contributed by atoms with Crippen molar-refractivity contribution in [2.75, 3.05) is 37.4 Å². The Kier molecular flexibility index (Phi) is 8.08. The maximum absolute atomic E-state index is 14.2. The predicted octanol–water partition coefficient (Wildman–Crippen LogP) is 0.318. The summed E-state index contributed by atoms with van der Waals surface area (Å²) in [5.74, 6) is -0.908. The highest BCUT2D eigenvalue weighted by molar-refractivity contribution is 7.88. The van der Waals surface area contributed by atoms with E-state index in [2.05, 4.69) is 42.5 Å². The van der Waals surface area contributed by atoms with E-state index in [0.717, 1.165) is 0 Å². The lowest BCUT2D eigenvalue weighted by molar-refractivity contribution is -0.0573. The average molecular weight is 742 g/mol. The molecule has 4 aromatic heterocycles. The molecule has 6 heterocycles. The Bertz CT molecular complexity index is 2100. The van der Waals surface area contributed by atoms with E-state index >= 15 is 0 Å². The molecule has 20 nitrogen and oxygen atoms in total. The number of aryl methyl sites for hydroxylation is 1. The van der Waals surface area contributed by atoms with E-state index in [1.165, 1.54) is 23.5 Å². The van der Waals surface area contributed by atoms with Crippen molar-refractivity contribution in [1.82, 2.24) is 39.0 Å². The second-order valence-corrected chi connectivity index (χ2v) is 17.5. The summed E-state index contributed by atoms with van der Waals surface area (Å²) in [5, 5.41) is 32.7. The molecule has 23 heteroatoms. The molecule has 2 bridgehead atoms. The molecule has 2 saturated heterocycles. The van der Waals surface area contributed by atoms with Gasteiger partial charge in [0.15, 0.2) is 28.9 Å². The molecule has 0 radical (unpaired) electrons. The van der Waals surface area contributed by atoms with E-state index in [-0.39, 0.29) is 40.8 Å². The first-order valence-electron chi connectivity index (χ1n) is 15.3. The maximum Gasteiger partial charge on any atom is 0.356 e. The van der Waals surface area contributed by atoms with E-state index < -0.39 is 88.3 Å². The van der Waals surface area contributed by atoms with Crippen LogP contribution in [0.2, 0.25) is 0 Å². The molecule has 8 rings (SSSR count). The zero-order valence-corrected chi connectivity index (χ0v) is 28.4. The van der Waals surface area contributed by atoms with Crippen LogP contribution in [0.15, 0.2) is 23.8 Å². The number of nitrogens with one attached hydrogen (secondary N) is 1. The topological polar surface area (TPSA) is 274 Å². The fourth-order valence-corrected chi connectivity index (χ4v) is 10.5. The molecule has 0 aromatic carbocycles. The number of hydrogen-bond acceptors (Lipinski definition) is 18. The number of ether oxygens (including phenoxy) is 1. The summed E-state index contributed by atoms with van der Waals surface area (Å²) in [6, 6.07) is -0.708. The molecule has 0 amide bonds. The number of aromatic nitrogens is 8. The molecule has 2 aliphatic carbocycles. The first kappa shape index (κ1) is 33.3. The molecule has 4 aliphatic rings. The maximum atomic E-state index is 14.2. The largest absolute Gasteiger partial charge is 0.396 e. The van der Waals surface area contributed by atoms with Crippen molar-refractivity contribution in [2.45, 2.75) is 50.0 Å². The first-order chi connectivity index (χ1) is 23.4. The van der Waals surface area contributed by atoms with Gasteiger partial charge >= 0.3 is 15.2 Å². The molecule has 2 saturated carbocycles. The molecule has 49 heavy (non-hydrogen) atoms. The Morgan fingerprint density at radius 3 is 2.61 bits per heavy atom. The fourth-order valence-electron chi connectivity index (χ4n) is 7.47. The molecule has 0 unspecified atom stereocenters. The van der Waals surface area contributed by atoms with Crippen LogP contribution >= 0.6 is 27.8 Å². The molecule has 1 spiro atoms. The number of aromatic amines is 1. The number of nitrogen functional groups attached to an aromatic ring is 1. The van der Waals surface area contributed by atoms with Crippen LogP contribution in [0.5, 0.6) is 0 Å². The molecular weight excluding hydrogens is 708 g/mol. The Hall–Kier alpha value is -2.81. The van der Waals surface area contributed by atoms with Crippen molar-refractivity contribution in [3.8, 4) is 0 Å². The molecule has 6 N–H and O–H groups in total. The van der Waals surface area contributed by atoms with Crippen molar-refractivity contribution in [3.63, 3.8) is 0 Å². The number of imidazole rings is 2. The van der Waals surface area contributed by atoms with Gasteiger partial charge in [-0.05, 0) is 19.3 Å². The zero-order valence-electron chi connectivity index (χ0n) is 25.8. The molecule has 11 atom stereocenters. The summed E-state index contributed by atoms with van der Waals surface area (Å²) in [6.45, 7) is 0.249. The van der Waals surface area contributed by atoms with Gasteiger partial charge in [0.2, 0.25) is 0 Å². The summed E-state index contributed by atoms with van der Waals surface area (Å²) in [5.41, 5.74) is 4.86. The number of nitrogens with two attached hydrogens (primary N) is 1. The van der Waals surface area contributed by atoms with Gasteiger partial charge in [-0.3, -0.25) is 23.0 Å². The first-order valence-corrected chi connectivity index (χ1v) is 19.4. The number of thiol groups is 1. The number of nitrogens with zero attached hydrogens (tertiary/aromatic N) is 7. The lowest BCUT2D eigenvalue weighted by atomic mass is 9.99. The summed E-state index contributed by atoms with van der Waals surface area (Å²) in [6.07, 6.45) is -2.63. The lowest BCUT2D eigenvalue weighted by Gasteiger charge is -2.32. The fraction of sp³-hybridized carbons (Fsp3) is 0.615. The minimum atomic E-state index is -4.40. The normalized spacial score (nSPS) is 39.3. The van der Waals surface area contributed by atoms with Gasteiger partial charge in [0.1, 0.15) is 42.3 Å². The number of fused-ring (bicyclic) bond motifs is 4. The highest BCUT2D eigenvalue weighted by Crippen LogP contribution is 2.72. The number of H-pyrrole nitrogens is 1.